The summed E-state index contributed by atoms with van der Waals surface area (Å²) >= 11 is 0. The molecule has 25 nitrogen and oxygen atoms in total. The van der Waals surface area contributed by atoms with Crippen molar-refractivity contribution in [2.75, 3.05) is 6.61 Å². The number of carbonyl (C=O) groups is 3. The van der Waals surface area contributed by atoms with Gasteiger partial charge in [-0.05, 0) is 53.4 Å². The molecule has 6 heterocycles. The Balaban J connectivity index is 1.37. The fraction of sp³-hybridized carbons (Fsp3) is 0.945. The minimum Gasteiger partial charge on any atom is -0.457 e. The van der Waals surface area contributed by atoms with Crippen molar-refractivity contribution in [3.63, 3.8) is 0 Å². The topological polar surface area (TPSA) is 353 Å². The summed E-state index contributed by atoms with van der Waals surface area (Å²) in [5.74, 6) is -3.58. The van der Waals surface area contributed by atoms with E-state index in [9.17, 15) is 60.3 Å². The van der Waals surface area contributed by atoms with Crippen LogP contribution in [0.4, 0.5) is 0 Å². The fourth-order valence-electron chi connectivity index (χ4n) is 10.8. The van der Waals surface area contributed by atoms with Gasteiger partial charge in [0.15, 0.2) is 49.8 Å². The van der Waals surface area contributed by atoms with Crippen LogP contribution in [-0.2, 0) is 76.0 Å². The van der Waals surface area contributed by atoms with Gasteiger partial charge in [0.1, 0.15) is 79.4 Å². The van der Waals surface area contributed by atoms with Crippen LogP contribution < -0.4 is 0 Å². The third kappa shape index (κ3) is 16.7. The molecule has 0 aliphatic carbocycles. The van der Waals surface area contributed by atoms with Gasteiger partial charge in [-0.2, -0.15) is 0 Å². The summed E-state index contributed by atoms with van der Waals surface area (Å²) in [6.45, 7) is 13.8. The first kappa shape index (κ1) is 66.8. The van der Waals surface area contributed by atoms with E-state index in [0.29, 0.717) is 19.3 Å². The van der Waals surface area contributed by atoms with Crippen LogP contribution in [0.2, 0.25) is 0 Å². The van der Waals surface area contributed by atoms with Gasteiger partial charge < -0.3 is 108 Å². The monoisotopic (exact) mass is 1150 g/mol. The number of fused-ring (bicyclic) bond motifs is 3. The quantitative estimate of drug-likeness (QED) is 0.0592. The normalized spacial score (nSPS) is 44.3. The van der Waals surface area contributed by atoms with Gasteiger partial charge >= 0.3 is 17.9 Å². The lowest BCUT2D eigenvalue weighted by Gasteiger charge is -2.51. The number of rotatable bonds is 16. The molecule has 6 saturated heterocycles. The van der Waals surface area contributed by atoms with Gasteiger partial charge in [0.25, 0.3) is 0 Å². The zero-order valence-corrected chi connectivity index (χ0v) is 47.8. The molecule has 9 N–H and O–H groups in total. The zero-order valence-electron chi connectivity index (χ0n) is 47.8. The smallest absolute Gasteiger partial charge is 0.309 e. The third-order valence-electron chi connectivity index (χ3n) is 16.2. The molecular formula is C55H94O25. The Morgan fingerprint density at radius 3 is 1.76 bits per heavy atom. The van der Waals surface area contributed by atoms with Gasteiger partial charge in [0.2, 0.25) is 0 Å². The van der Waals surface area contributed by atoms with Crippen LogP contribution in [-0.4, -0.2) is 230 Å². The van der Waals surface area contributed by atoms with E-state index in [1.807, 2.05) is 0 Å². The number of aliphatic hydroxyl groups excluding tert-OH is 9. The standard InChI is InChI=1S/C55H94O25/c1-10-12-18-21-31-22-19-16-14-13-15-17-20-23-33(57)74-45-41(65)53(79-46-37(61)34(58)27(6)68-54(46)72-31)70-29(8)43(45)78-55-48(76-50(67)26(5)11-2)47(80-52-39(63)36(60)35(59)32(24-56)73-52)44(30(9)71-55)77-51-40(64)38(62)42(28(7)69-51)75-49(66)25(3)4/h25-32,34-48,51-56,58-65H,10-24H2,1-9H3. The molecule has 2 bridgehead atoms. The lowest BCUT2D eigenvalue weighted by atomic mass is 9.95. The van der Waals surface area contributed by atoms with E-state index in [0.717, 1.165) is 57.8 Å². The molecule has 0 radical (unpaired) electrons. The van der Waals surface area contributed by atoms with E-state index in [-0.39, 0.29) is 18.9 Å². The first-order chi connectivity index (χ1) is 38.0. The van der Waals surface area contributed by atoms with E-state index < -0.39 is 190 Å². The molecule has 27 atom stereocenters. The first-order valence-corrected chi connectivity index (χ1v) is 29.2. The minimum atomic E-state index is -2.02. The second-order valence-electron chi connectivity index (χ2n) is 22.9. The molecule has 80 heavy (non-hydrogen) atoms. The fourth-order valence-corrected chi connectivity index (χ4v) is 10.8. The largest absolute Gasteiger partial charge is 0.457 e. The van der Waals surface area contributed by atoms with Crippen molar-refractivity contribution in [3.8, 4) is 0 Å². The van der Waals surface area contributed by atoms with Crippen molar-refractivity contribution in [3.05, 3.63) is 0 Å². The van der Waals surface area contributed by atoms with Crippen LogP contribution >= 0.6 is 0 Å². The highest BCUT2D eigenvalue weighted by Crippen LogP contribution is 2.39. The summed E-state index contributed by atoms with van der Waals surface area (Å²) in [5.41, 5.74) is 0. The average molecular weight is 1160 g/mol. The zero-order chi connectivity index (χ0) is 58.7. The van der Waals surface area contributed by atoms with Crippen molar-refractivity contribution in [2.45, 2.75) is 312 Å². The number of hydrogen-bond donors (Lipinski definition) is 9. The molecule has 0 spiro atoms. The van der Waals surface area contributed by atoms with Crippen LogP contribution in [0.3, 0.4) is 0 Å². The van der Waals surface area contributed by atoms with Crippen LogP contribution in [0.1, 0.15) is 152 Å². The van der Waals surface area contributed by atoms with Gasteiger partial charge in [0, 0.05) is 6.42 Å². The Kier molecular flexibility index (Phi) is 26.0. The molecule has 464 valence electrons. The van der Waals surface area contributed by atoms with Crippen LogP contribution in [0.25, 0.3) is 0 Å². The highest BCUT2D eigenvalue weighted by Gasteiger charge is 2.59. The molecule has 6 fully saturated rings. The maximum absolute atomic E-state index is 14.1. The summed E-state index contributed by atoms with van der Waals surface area (Å²) in [4.78, 5) is 40.6. The second-order valence-corrected chi connectivity index (χ2v) is 22.9. The molecular weight excluding hydrogens is 1060 g/mol. The molecule has 6 rings (SSSR count). The van der Waals surface area contributed by atoms with Crippen molar-refractivity contribution in [1.82, 2.24) is 0 Å². The molecule has 0 aromatic heterocycles. The van der Waals surface area contributed by atoms with Crippen LogP contribution in [0.15, 0.2) is 0 Å². The highest BCUT2D eigenvalue weighted by atomic mass is 16.8. The van der Waals surface area contributed by atoms with Crippen molar-refractivity contribution in [2.24, 2.45) is 11.8 Å². The summed E-state index contributed by atoms with van der Waals surface area (Å²) in [6.07, 6.45) is -29.8. The van der Waals surface area contributed by atoms with E-state index in [1.54, 1.807) is 34.6 Å². The Hall–Kier alpha value is -2.35. The molecule has 27 unspecified atom stereocenters. The molecule has 0 aromatic carbocycles. The Morgan fingerprint density at radius 1 is 0.525 bits per heavy atom. The van der Waals surface area contributed by atoms with Crippen molar-refractivity contribution >= 4 is 17.9 Å². The summed E-state index contributed by atoms with van der Waals surface area (Å²) in [7, 11) is 0. The summed E-state index contributed by atoms with van der Waals surface area (Å²) in [5, 5.41) is 101. The van der Waals surface area contributed by atoms with E-state index >= 15 is 0 Å². The number of ether oxygens (including phenoxy) is 13. The Bertz CT molecular complexity index is 1880. The number of aliphatic hydroxyl groups is 9. The Labute approximate surface area is 469 Å². The van der Waals surface area contributed by atoms with Gasteiger partial charge in [-0.25, -0.2) is 0 Å². The Morgan fingerprint density at radius 2 is 1.10 bits per heavy atom. The van der Waals surface area contributed by atoms with Gasteiger partial charge in [0.05, 0.1) is 49.0 Å². The maximum Gasteiger partial charge on any atom is 0.309 e. The first-order valence-electron chi connectivity index (χ1n) is 29.2. The molecule has 0 amide bonds. The van der Waals surface area contributed by atoms with Gasteiger partial charge in [-0.1, -0.05) is 92.4 Å². The molecule has 0 saturated carbocycles. The number of carbonyl (C=O) groups excluding carboxylic acids is 3. The third-order valence-corrected chi connectivity index (χ3v) is 16.2. The number of unbranched alkanes of at least 4 members (excludes halogenated alkanes) is 2. The molecule has 0 aromatic rings. The predicted molar refractivity (Wildman–Crippen MR) is 275 cm³/mol. The van der Waals surface area contributed by atoms with Gasteiger partial charge in [-0.15, -0.1) is 0 Å². The number of esters is 3. The maximum atomic E-state index is 14.1. The molecule has 6 aliphatic rings. The second kappa shape index (κ2) is 31.2. The van der Waals surface area contributed by atoms with E-state index in [2.05, 4.69) is 6.92 Å². The van der Waals surface area contributed by atoms with Crippen molar-refractivity contribution < 1.29 is 122 Å². The van der Waals surface area contributed by atoms with Crippen LogP contribution in [0, 0.1) is 11.8 Å². The number of hydrogen-bond acceptors (Lipinski definition) is 25. The van der Waals surface area contributed by atoms with Gasteiger partial charge in [-0.3, -0.25) is 14.4 Å². The lowest BCUT2D eigenvalue weighted by molar-refractivity contribution is -0.400. The van der Waals surface area contributed by atoms with Crippen molar-refractivity contribution in [1.29, 1.82) is 0 Å². The van der Waals surface area contributed by atoms with E-state index in [1.165, 1.54) is 20.8 Å². The highest BCUT2D eigenvalue weighted by molar-refractivity contribution is 5.72. The predicted octanol–water partition coefficient (Wildman–Crippen LogP) is 1.04. The lowest BCUT2D eigenvalue weighted by Crippen LogP contribution is -2.68. The summed E-state index contributed by atoms with van der Waals surface area (Å²) < 4.78 is 81.2. The molecule has 25 heteroatoms. The molecule has 6 aliphatic heterocycles. The van der Waals surface area contributed by atoms with Crippen LogP contribution in [0.5, 0.6) is 0 Å². The minimum absolute atomic E-state index is 0.0469. The van der Waals surface area contributed by atoms with E-state index in [4.69, 9.17) is 61.6 Å². The summed E-state index contributed by atoms with van der Waals surface area (Å²) in [6, 6.07) is 0. The SMILES string of the molecule is CCCCCC1CCCCCCCCCC(=O)OC2C(O)C(OC(C)C2OC2OC(C)C(OC3OC(C)C(OC(=O)C(C)C)C(O)C3O)C(OC3OC(CO)C(O)C(O)C3O)C2OC(=O)C(C)CC)OC2C(O1)OC(C)C(O)C2O. The average Bonchev–Trinajstić information content (AvgIpc) is 3.47.